The molecule has 0 radical (unpaired) electrons. The molecule has 15 heavy (non-hydrogen) atoms. The average Bonchev–Trinajstić information content (AvgIpc) is 2.11. The summed E-state index contributed by atoms with van der Waals surface area (Å²) < 4.78 is 37.7. The third-order valence-electron chi connectivity index (χ3n) is 1.73. The van der Waals surface area contributed by atoms with Crippen molar-refractivity contribution in [2.45, 2.75) is 12.8 Å². The number of carboxylic acid groups (broad SMARTS) is 1. The summed E-state index contributed by atoms with van der Waals surface area (Å²) in [7, 11) is 0. The van der Waals surface area contributed by atoms with E-state index in [1.54, 1.807) is 0 Å². The molecule has 1 aromatic heterocycles. The molecule has 0 aliphatic rings. The highest BCUT2D eigenvalue weighted by atomic mass is 19.3. The maximum Gasteiger partial charge on any atom is 0.308 e. The maximum atomic E-state index is 13.3. The van der Waals surface area contributed by atoms with Gasteiger partial charge in [-0.1, -0.05) is 0 Å². The summed E-state index contributed by atoms with van der Waals surface area (Å²) in [6.45, 7) is 0. The molecule has 0 spiro atoms. The Morgan fingerprint density at radius 1 is 1.60 bits per heavy atom. The van der Waals surface area contributed by atoms with E-state index in [0.29, 0.717) is 6.20 Å². The molecule has 7 heteroatoms. The van der Waals surface area contributed by atoms with Gasteiger partial charge in [0.1, 0.15) is 11.6 Å². The first-order chi connectivity index (χ1) is 6.93. The number of anilines is 1. The van der Waals surface area contributed by atoms with Gasteiger partial charge in [-0.25, -0.2) is 18.2 Å². The van der Waals surface area contributed by atoms with E-state index in [0.717, 1.165) is 0 Å². The van der Waals surface area contributed by atoms with Crippen LogP contribution in [0.4, 0.5) is 19.0 Å². The molecule has 0 saturated carbocycles. The molecule has 0 saturated heterocycles. The fourth-order valence-corrected chi connectivity index (χ4v) is 1.03. The molecule has 0 unspecified atom stereocenters. The fourth-order valence-electron chi connectivity index (χ4n) is 1.03. The summed E-state index contributed by atoms with van der Waals surface area (Å²) in [5, 5.41) is 8.41. The highest BCUT2D eigenvalue weighted by molar-refractivity contribution is 5.72. The van der Waals surface area contributed by atoms with Crippen LogP contribution in [0, 0.1) is 5.82 Å². The standard InChI is InChI=1S/C8H7F3N2O2/c9-6-3(1-5(14)15)8(12)13-2-4(6)7(10)11/h2,7H,1H2,(H2,12,13)(H,14,15). The van der Waals surface area contributed by atoms with Gasteiger partial charge in [0.05, 0.1) is 12.0 Å². The number of hydrogen-bond donors (Lipinski definition) is 2. The van der Waals surface area contributed by atoms with Crippen LogP contribution in [0.1, 0.15) is 17.6 Å². The molecule has 0 aliphatic carbocycles. The Morgan fingerprint density at radius 2 is 2.20 bits per heavy atom. The van der Waals surface area contributed by atoms with E-state index in [9.17, 15) is 18.0 Å². The van der Waals surface area contributed by atoms with Crippen LogP contribution in [0.25, 0.3) is 0 Å². The van der Waals surface area contributed by atoms with Gasteiger partial charge in [0.2, 0.25) is 0 Å². The monoisotopic (exact) mass is 220 g/mol. The SMILES string of the molecule is Nc1ncc(C(F)F)c(F)c1CC(=O)O. The third-order valence-corrected chi connectivity index (χ3v) is 1.73. The molecule has 3 N–H and O–H groups in total. The van der Waals surface area contributed by atoms with Gasteiger partial charge in [0.15, 0.2) is 0 Å². The van der Waals surface area contributed by atoms with Gasteiger partial charge in [-0.2, -0.15) is 0 Å². The van der Waals surface area contributed by atoms with Gasteiger partial charge >= 0.3 is 5.97 Å². The van der Waals surface area contributed by atoms with Gasteiger partial charge in [0.25, 0.3) is 6.43 Å². The number of nitrogens with two attached hydrogens (primary N) is 1. The molecule has 4 nitrogen and oxygen atoms in total. The second-order valence-corrected chi connectivity index (χ2v) is 2.76. The molecule has 1 aromatic rings. The van der Waals surface area contributed by atoms with Gasteiger partial charge in [-0.3, -0.25) is 4.79 Å². The van der Waals surface area contributed by atoms with Crippen molar-refractivity contribution in [3.63, 3.8) is 0 Å². The zero-order valence-electron chi connectivity index (χ0n) is 7.38. The second kappa shape index (κ2) is 4.16. The second-order valence-electron chi connectivity index (χ2n) is 2.76. The van der Waals surface area contributed by atoms with Crippen molar-refractivity contribution >= 4 is 11.8 Å². The number of carboxylic acids is 1. The van der Waals surface area contributed by atoms with Gasteiger partial charge in [0, 0.05) is 11.8 Å². The highest BCUT2D eigenvalue weighted by Gasteiger charge is 2.20. The first-order valence-corrected chi connectivity index (χ1v) is 3.86. The number of rotatable bonds is 3. The molecule has 0 fully saturated rings. The highest BCUT2D eigenvalue weighted by Crippen LogP contribution is 2.26. The minimum Gasteiger partial charge on any atom is -0.481 e. The van der Waals surface area contributed by atoms with E-state index in [4.69, 9.17) is 10.8 Å². The predicted molar refractivity (Wildman–Crippen MR) is 44.9 cm³/mol. The van der Waals surface area contributed by atoms with E-state index in [-0.39, 0.29) is 5.82 Å². The first kappa shape index (κ1) is 11.3. The summed E-state index contributed by atoms with van der Waals surface area (Å²) in [4.78, 5) is 13.6. The molecule has 82 valence electrons. The summed E-state index contributed by atoms with van der Waals surface area (Å²) in [5.41, 5.74) is 3.72. The molecular formula is C8H7F3N2O2. The molecule has 0 aliphatic heterocycles. The Labute approximate surface area is 82.5 Å². The number of alkyl halides is 2. The lowest BCUT2D eigenvalue weighted by Crippen LogP contribution is -2.10. The van der Waals surface area contributed by atoms with Crippen molar-refractivity contribution in [1.29, 1.82) is 0 Å². The van der Waals surface area contributed by atoms with Crippen LogP contribution in [0.15, 0.2) is 6.20 Å². The molecule has 0 atom stereocenters. The number of pyridine rings is 1. The lowest BCUT2D eigenvalue weighted by Gasteiger charge is -2.07. The predicted octanol–water partition coefficient (Wildman–Crippen LogP) is 1.37. The Kier molecular flexibility index (Phi) is 3.13. The number of halogens is 3. The molecule has 1 heterocycles. The summed E-state index contributed by atoms with van der Waals surface area (Å²) >= 11 is 0. The molecule has 0 bridgehead atoms. The smallest absolute Gasteiger partial charge is 0.308 e. The zero-order chi connectivity index (χ0) is 11.6. The van der Waals surface area contributed by atoms with Crippen LogP contribution in [-0.2, 0) is 11.2 Å². The molecular weight excluding hydrogens is 213 g/mol. The van der Waals surface area contributed by atoms with Crippen LogP contribution < -0.4 is 5.73 Å². The van der Waals surface area contributed by atoms with Gasteiger partial charge in [-0.05, 0) is 0 Å². The number of aliphatic carboxylic acids is 1. The first-order valence-electron chi connectivity index (χ1n) is 3.86. The number of carbonyl (C=O) groups is 1. The Bertz CT molecular complexity index is 396. The van der Waals surface area contributed by atoms with Crippen LogP contribution in [-0.4, -0.2) is 16.1 Å². The van der Waals surface area contributed by atoms with Gasteiger partial charge in [-0.15, -0.1) is 0 Å². The normalized spacial score (nSPS) is 10.7. The maximum absolute atomic E-state index is 13.3. The number of nitrogen functional groups attached to an aromatic ring is 1. The molecule has 0 amide bonds. The van der Waals surface area contributed by atoms with Crippen molar-refractivity contribution in [3.8, 4) is 0 Å². The minimum atomic E-state index is -3.05. The lowest BCUT2D eigenvalue weighted by molar-refractivity contribution is -0.136. The fraction of sp³-hybridized carbons (Fsp3) is 0.250. The number of aromatic nitrogens is 1. The van der Waals surface area contributed by atoms with Crippen molar-refractivity contribution < 1.29 is 23.1 Å². The van der Waals surface area contributed by atoms with E-state index in [1.165, 1.54) is 0 Å². The molecule has 1 rings (SSSR count). The van der Waals surface area contributed by atoms with Crippen LogP contribution >= 0.6 is 0 Å². The third kappa shape index (κ3) is 2.36. The largest absolute Gasteiger partial charge is 0.481 e. The summed E-state index contributed by atoms with van der Waals surface area (Å²) in [6.07, 6.45) is -3.23. The van der Waals surface area contributed by atoms with Gasteiger partial charge < -0.3 is 10.8 Å². The Morgan fingerprint density at radius 3 is 2.67 bits per heavy atom. The van der Waals surface area contributed by atoms with Crippen LogP contribution in [0.5, 0.6) is 0 Å². The van der Waals surface area contributed by atoms with Crippen molar-refractivity contribution in [3.05, 3.63) is 23.1 Å². The molecule has 0 aromatic carbocycles. The lowest BCUT2D eigenvalue weighted by atomic mass is 10.1. The average molecular weight is 220 g/mol. The quantitative estimate of drug-likeness (QED) is 0.806. The minimum absolute atomic E-state index is 0.390. The number of hydrogen-bond acceptors (Lipinski definition) is 3. The Hall–Kier alpha value is -1.79. The van der Waals surface area contributed by atoms with Crippen molar-refractivity contribution in [1.82, 2.24) is 4.98 Å². The van der Waals surface area contributed by atoms with E-state index in [1.807, 2.05) is 0 Å². The summed E-state index contributed by atoms with van der Waals surface area (Å²) in [6, 6.07) is 0. The summed E-state index contributed by atoms with van der Waals surface area (Å²) in [5.74, 6) is -3.06. The van der Waals surface area contributed by atoms with Crippen LogP contribution in [0.3, 0.4) is 0 Å². The zero-order valence-corrected chi connectivity index (χ0v) is 7.38. The van der Waals surface area contributed by atoms with Crippen LogP contribution in [0.2, 0.25) is 0 Å². The number of nitrogens with zero attached hydrogens (tertiary/aromatic N) is 1. The van der Waals surface area contributed by atoms with E-state index >= 15 is 0 Å². The van der Waals surface area contributed by atoms with E-state index < -0.39 is 35.8 Å². The topological polar surface area (TPSA) is 76.2 Å². The van der Waals surface area contributed by atoms with E-state index in [2.05, 4.69) is 4.98 Å². The Balaban J connectivity index is 3.23. The van der Waals surface area contributed by atoms with Crippen molar-refractivity contribution in [2.75, 3.05) is 5.73 Å². The van der Waals surface area contributed by atoms with Crippen molar-refractivity contribution in [2.24, 2.45) is 0 Å².